The molecule has 0 aliphatic heterocycles. The van der Waals surface area contributed by atoms with Crippen molar-refractivity contribution in [2.45, 2.75) is 25.4 Å². The maximum Gasteiger partial charge on any atom is 0.234 e. The molecule has 0 bridgehead atoms. The zero-order valence-corrected chi connectivity index (χ0v) is 20.2. The Morgan fingerprint density at radius 3 is 2.14 bits per heavy atom. The van der Waals surface area contributed by atoms with E-state index in [1.54, 1.807) is 26.7 Å². The molecule has 0 aliphatic carbocycles. The predicted molar refractivity (Wildman–Crippen MR) is 137 cm³/mol. The smallest absolute Gasteiger partial charge is 0.234 e. The Hall–Kier alpha value is -4.06. The van der Waals surface area contributed by atoms with Gasteiger partial charge >= 0.3 is 0 Å². The van der Waals surface area contributed by atoms with Crippen LogP contribution in [0.2, 0.25) is 0 Å². The Bertz CT molecular complexity index is 1160. The van der Waals surface area contributed by atoms with Crippen molar-refractivity contribution < 1.29 is 14.3 Å². The van der Waals surface area contributed by atoms with Crippen LogP contribution in [0.1, 0.15) is 29.0 Å². The second kappa shape index (κ2) is 11.9. The van der Waals surface area contributed by atoms with E-state index in [9.17, 15) is 4.79 Å². The molecule has 6 nitrogen and oxygen atoms in total. The van der Waals surface area contributed by atoms with Gasteiger partial charge in [0.2, 0.25) is 5.91 Å². The van der Waals surface area contributed by atoms with Gasteiger partial charge in [-0.25, -0.2) is 4.98 Å². The van der Waals surface area contributed by atoms with E-state index < -0.39 is 0 Å². The highest BCUT2D eigenvalue weighted by Crippen LogP contribution is 2.30. The van der Waals surface area contributed by atoms with Crippen molar-refractivity contribution in [2.24, 2.45) is 0 Å². The quantitative estimate of drug-likeness (QED) is 0.305. The number of benzene rings is 3. The zero-order chi connectivity index (χ0) is 24.5. The fourth-order valence-electron chi connectivity index (χ4n) is 4.28. The van der Waals surface area contributed by atoms with Gasteiger partial charge in [-0.3, -0.25) is 4.79 Å². The first-order valence-corrected chi connectivity index (χ1v) is 11.7. The number of aryl methyl sites for hydroxylation is 1. The first-order valence-electron chi connectivity index (χ1n) is 11.7. The lowest BCUT2D eigenvalue weighted by molar-refractivity contribution is -0.132. The van der Waals surface area contributed by atoms with Crippen LogP contribution in [-0.2, 0) is 17.9 Å². The van der Waals surface area contributed by atoms with Gasteiger partial charge in [0.25, 0.3) is 0 Å². The molecule has 6 heteroatoms. The number of methoxy groups -OCH3 is 2. The molecule has 0 radical (unpaired) electrons. The SMILES string of the molecule is COc1ccc(CN(CCCn2ccnc2)C(=O)C(c2ccccc2)c2ccccc2)cc1OC. The maximum atomic E-state index is 14.2. The van der Waals surface area contributed by atoms with Gasteiger partial charge < -0.3 is 18.9 Å². The molecule has 4 aromatic rings. The average Bonchev–Trinajstić information content (AvgIpc) is 3.43. The molecule has 0 fully saturated rings. The molecule has 3 aromatic carbocycles. The number of amides is 1. The minimum atomic E-state index is -0.384. The van der Waals surface area contributed by atoms with E-state index in [1.165, 1.54) is 0 Å². The molecular weight excluding hydrogens is 438 g/mol. The Kier molecular flexibility index (Phi) is 8.17. The lowest BCUT2D eigenvalue weighted by atomic mass is 9.89. The Morgan fingerprint density at radius 1 is 0.914 bits per heavy atom. The van der Waals surface area contributed by atoms with Crippen molar-refractivity contribution in [1.82, 2.24) is 14.5 Å². The van der Waals surface area contributed by atoms with Gasteiger partial charge in [-0.2, -0.15) is 0 Å². The number of nitrogens with zero attached hydrogens (tertiary/aromatic N) is 3. The normalized spacial score (nSPS) is 10.8. The number of carbonyl (C=O) groups is 1. The molecule has 0 saturated carbocycles. The number of carbonyl (C=O) groups excluding carboxylic acids is 1. The number of ether oxygens (including phenoxy) is 2. The number of rotatable bonds is 11. The molecule has 35 heavy (non-hydrogen) atoms. The minimum Gasteiger partial charge on any atom is -0.493 e. The van der Waals surface area contributed by atoms with Gasteiger partial charge in [-0.1, -0.05) is 66.7 Å². The van der Waals surface area contributed by atoms with Crippen LogP contribution < -0.4 is 9.47 Å². The molecule has 0 unspecified atom stereocenters. The summed E-state index contributed by atoms with van der Waals surface area (Å²) >= 11 is 0. The van der Waals surface area contributed by atoms with Crippen LogP contribution in [0.3, 0.4) is 0 Å². The molecule has 1 heterocycles. The van der Waals surface area contributed by atoms with Gasteiger partial charge in [0.15, 0.2) is 11.5 Å². The molecule has 0 aliphatic rings. The molecule has 1 amide bonds. The average molecular weight is 470 g/mol. The summed E-state index contributed by atoms with van der Waals surface area (Å²) in [6.07, 6.45) is 6.33. The van der Waals surface area contributed by atoms with E-state index in [2.05, 4.69) is 4.98 Å². The first-order chi connectivity index (χ1) is 17.2. The first kappa shape index (κ1) is 24.1. The van der Waals surface area contributed by atoms with Gasteiger partial charge in [-0.15, -0.1) is 0 Å². The van der Waals surface area contributed by atoms with Crippen LogP contribution in [0.15, 0.2) is 97.6 Å². The van der Waals surface area contributed by atoms with Crippen LogP contribution >= 0.6 is 0 Å². The summed E-state index contributed by atoms with van der Waals surface area (Å²) in [7, 11) is 3.24. The third-order valence-electron chi connectivity index (χ3n) is 6.05. The summed E-state index contributed by atoms with van der Waals surface area (Å²) in [5.74, 6) is 1.01. The van der Waals surface area contributed by atoms with Gasteiger partial charge in [0.1, 0.15) is 0 Å². The number of hydrogen-bond donors (Lipinski definition) is 0. The number of imidazole rings is 1. The molecule has 180 valence electrons. The Labute approximate surface area is 206 Å². The third kappa shape index (κ3) is 6.09. The molecule has 0 N–H and O–H groups in total. The second-order valence-corrected chi connectivity index (χ2v) is 8.36. The van der Waals surface area contributed by atoms with Crippen molar-refractivity contribution in [3.8, 4) is 11.5 Å². The highest BCUT2D eigenvalue weighted by molar-refractivity contribution is 5.87. The topological polar surface area (TPSA) is 56.6 Å². The molecule has 4 rings (SSSR count). The highest BCUT2D eigenvalue weighted by atomic mass is 16.5. The number of hydrogen-bond acceptors (Lipinski definition) is 4. The lowest BCUT2D eigenvalue weighted by Crippen LogP contribution is -2.36. The molecule has 0 spiro atoms. The van der Waals surface area contributed by atoms with E-state index in [0.29, 0.717) is 24.6 Å². The molecule has 1 aromatic heterocycles. The second-order valence-electron chi connectivity index (χ2n) is 8.36. The summed E-state index contributed by atoms with van der Waals surface area (Å²) in [4.78, 5) is 20.2. The van der Waals surface area contributed by atoms with E-state index in [1.807, 2.05) is 94.5 Å². The predicted octanol–water partition coefficient (Wildman–Crippen LogP) is 5.15. The van der Waals surface area contributed by atoms with E-state index in [4.69, 9.17) is 9.47 Å². The van der Waals surface area contributed by atoms with Crippen LogP contribution in [0.4, 0.5) is 0 Å². The summed E-state index contributed by atoms with van der Waals surface area (Å²) in [5.41, 5.74) is 2.95. The minimum absolute atomic E-state index is 0.0721. The van der Waals surface area contributed by atoms with Crippen LogP contribution in [0.5, 0.6) is 11.5 Å². The summed E-state index contributed by atoms with van der Waals surface area (Å²) in [6, 6.07) is 25.8. The van der Waals surface area contributed by atoms with Crippen LogP contribution in [-0.4, -0.2) is 41.1 Å². The largest absolute Gasteiger partial charge is 0.493 e. The van der Waals surface area contributed by atoms with Crippen LogP contribution in [0, 0.1) is 0 Å². The van der Waals surface area contributed by atoms with Crippen molar-refractivity contribution in [1.29, 1.82) is 0 Å². The molecular formula is C29H31N3O3. The highest BCUT2D eigenvalue weighted by Gasteiger charge is 2.27. The summed E-state index contributed by atoms with van der Waals surface area (Å²) in [5, 5.41) is 0. The molecule has 0 atom stereocenters. The third-order valence-corrected chi connectivity index (χ3v) is 6.05. The van der Waals surface area contributed by atoms with Gasteiger partial charge in [0, 0.05) is 32.0 Å². The van der Waals surface area contributed by atoms with Crippen molar-refractivity contribution in [2.75, 3.05) is 20.8 Å². The monoisotopic (exact) mass is 469 g/mol. The standard InChI is InChI=1S/C29H31N3O3/c1-34-26-15-14-23(20-27(26)35-2)21-32(18-9-17-31-19-16-30-22-31)29(33)28(24-10-5-3-6-11-24)25-12-7-4-8-13-25/h3-8,10-16,19-20,22,28H,9,17-18,21H2,1-2H3. The Balaban J connectivity index is 1.64. The lowest BCUT2D eigenvalue weighted by Gasteiger charge is -2.28. The number of aromatic nitrogens is 2. The Morgan fingerprint density at radius 2 is 1.57 bits per heavy atom. The zero-order valence-electron chi connectivity index (χ0n) is 20.2. The maximum absolute atomic E-state index is 14.2. The van der Waals surface area contributed by atoms with E-state index in [0.717, 1.165) is 29.7 Å². The van der Waals surface area contributed by atoms with Gasteiger partial charge in [-0.05, 0) is 35.2 Å². The van der Waals surface area contributed by atoms with Crippen molar-refractivity contribution in [3.05, 3.63) is 114 Å². The summed E-state index contributed by atoms with van der Waals surface area (Å²) < 4.78 is 12.9. The van der Waals surface area contributed by atoms with Crippen molar-refractivity contribution >= 4 is 5.91 Å². The van der Waals surface area contributed by atoms with Crippen molar-refractivity contribution in [3.63, 3.8) is 0 Å². The summed E-state index contributed by atoms with van der Waals surface area (Å²) in [6.45, 7) is 1.87. The van der Waals surface area contributed by atoms with E-state index >= 15 is 0 Å². The van der Waals surface area contributed by atoms with Crippen LogP contribution in [0.25, 0.3) is 0 Å². The fourth-order valence-corrected chi connectivity index (χ4v) is 4.28. The van der Waals surface area contributed by atoms with Gasteiger partial charge in [0.05, 0.1) is 26.5 Å². The fraction of sp³-hybridized carbons (Fsp3) is 0.241. The molecule has 0 saturated heterocycles. The van der Waals surface area contributed by atoms with E-state index in [-0.39, 0.29) is 11.8 Å².